The first-order valence-electron chi connectivity index (χ1n) is 8.78. The Kier molecular flexibility index (Phi) is 6.38. The van der Waals surface area contributed by atoms with Gasteiger partial charge in [0.15, 0.2) is 0 Å². The number of aryl methyl sites for hydroxylation is 1. The third kappa shape index (κ3) is 4.98. The van der Waals surface area contributed by atoms with Gasteiger partial charge in [-0.25, -0.2) is 4.79 Å². The minimum atomic E-state index is -1.27. The number of carbonyl (C=O) groups is 2. The summed E-state index contributed by atoms with van der Waals surface area (Å²) in [7, 11) is 0. The van der Waals surface area contributed by atoms with E-state index in [4.69, 9.17) is 16.3 Å². The number of amides is 1. The van der Waals surface area contributed by atoms with Crippen LogP contribution >= 0.6 is 11.6 Å². The van der Waals surface area contributed by atoms with Crippen LogP contribution in [0.2, 0.25) is 5.02 Å². The molecule has 0 spiro atoms. The van der Waals surface area contributed by atoms with Gasteiger partial charge in [0.25, 0.3) is 11.6 Å². The molecule has 30 heavy (non-hydrogen) atoms. The van der Waals surface area contributed by atoms with Crippen LogP contribution in [0.4, 0.5) is 11.4 Å². The number of hydrogen-bond donors (Lipinski definition) is 1. The maximum Gasteiger partial charge on any atom is 0.340 e. The number of ether oxygens (including phenoxy) is 1. The summed E-state index contributed by atoms with van der Waals surface area (Å²) < 4.78 is 5.46. The van der Waals surface area contributed by atoms with Crippen molar-refractivity contribution in [2.75, 3.05) is 5.32 Å². The number of nitro benzene ring substituents is 1. The van der Waals surface area contributed by atoms with E-state index in [0.29, 0.717) is 5.56 Å². The minimum Gasteiger partial charge on any atom is -0.444 e. The number of anilines is 1. The van der Waals surface area contributed by atoms with E-state index < -0.39 is 22.9 Å². The van der Waals surface area contributed by atoms with E-state index in [9.17, 15) is 19.7 Å². The molecule has 1 aromatic heterocycles. The van der Waals surface area contributed by atoms with Gasteiger partial charge in [-0.15, -0.1) is 0 Å². The van der Waals surface area contributed by atoms with Crippen LogP contribution < -0.4 is 5.32 Å². The van der Waals surface area contributed by atoms with Gasteiger partial charge in [0.2, 0.25) is 6.10 Å². The Labute approximate surface area is 176 Å². The third-order valence-electron chi connectivity index (χ3n) is 4.13. The molecule has 0 radical (unpaired) electrons. The number of esters is 1. The van der Waals surface area contributed by atoms with E-state index in [2.05, 4.69) is 10.3 Å². The Morgan fingerprint density at radius 3 is 2.47 bits per heavy atom. The zero-order chi connectivity index (χ0) is 21.7. The molecule has 1 N–H and O–H groups in total. The van der Waals surface area contributed by atoms with Crippen molar-refractivity contribution >= 4 is 34.9 Å². The lowest BCUT2D eigenvalue weighted by atomic mass is 10.1. The van der Waals surface area contributed by atoms with Gasteiger partial charge in [-0.05, 0) is 25.1 Å². The number of halogens is 1. The maximum absolute atomic E-state index is 12.9. The van der Waals surface area contributed by atoms with E-state index in [-0.39, 0.29) is 22.0 Å². The summed E-state index contributed by atoms with van der Waals surface area (Å²) in [5.74, 6) is -1.38. The molecular formula is C21H16ClN3O5. The Morgan fingerprint density at radius 2 is 1.87 bits per heavy atom. The Hall–Kier alpha value is -3.78. The average molecular weight is 426 g/mol. The molecule has 9 heteroatoms. The van der Waals surface area contributed by atoms with Gasteiger partial charge in [-0.2, -0.15) is 0 Å². The smallest absolute Gasteiger partial charge is 0.340 e. The van der Waals surface area contributed by atoms with E-state index in [1.165, 1.54) is 18.3 Å². The molecule has 152 valence electrons. The lowest BCUT2D eigenvalue weighted by Gasteiger charge is -2.18. The number of rotatable bonds is 6. The Morgan fingerprint density at radius 1 is 1.13 bits per heavy atom. The van der Waals surface area contributed by atoms with Crippen LogP contribution in [0, 0.1) is 17.0 Å². The fraction of sp³-hybridized carbons (Fsp3) is 0.0952. The number of pyridine rings is 1. The number of nitrogens with one attached hydrogen (secondary N) is 1. The molecule has 0 aliphatic carbocycles. The van der Waals surface area contributed by atoms with Gasteiger partial charge in [0.1, 0.15) is 0 Å². The first-order chi connectivity index (χ1) is 14.3. The first-order valence-corrected chi connectivity index (χ1v) is 9.16. The van der Waals surface area contributed by atoms with Crippen LogP contribution in [0.25, 0.3) is 0 Å². The van der Waals surface area contributed by atoms with E-state index in [0.717, 1.165) is 11.8 Å². The number of nitrogens with zero attached hydrogens (tertiary/aromatic N) is 2. The summed E-state index contributed by atoms with van der Waals surface area (Å²) in [5.41, 5.74) is 1.32. The van der Waals surface area contributed by atoms with Crippen LogP contribution in [-0.4, -0.2) is 21.8 Å². The summed E-state index contributed by atoms with van der Waals surface area (Å²) in [6, 6.07) is 15.3. The summed E-state index contributed by atoms with van der Waals surface area (Å²) in [4.78, 5) is 39.8. The topological polar surface area (TPSA) is 111 Å². The molecule has 0 saturated heterocycles. The zero-order valence-electron chi connectivity index (χ0n) is 15.7. The van der Waals surface area contributed by atoms with Gasteiger partial charge < -0.3 is 10.1 Å². The first kappa shape index (κ1) is 20.9. The SMILES string of the molecule is Cc1ccc(C(=O)OC(C(=O)Nc2ccc([N+](=O)[O-])cc2Cl)c2ccccc2)cn1. The molecule has 1 unspecified atom stereocenters. The number of benzene rings is 2. The molecule has 0 saturated carbocycles. The van der Waals surface area contributed by atoms with Crippen molar-refractivity contribution in [1.29, 1.82) is 0 Å². The largest absolute Gasteiger partial charge is 0.444 e. The van der Waals surface area contributed by atoms with Gasteiger partial charge in [0.05, 0.1) is 21.2 Å². The highest BCUT2D eigenvalue weighted by Gasteiger charge is 2.26. The van der Waals surface area contributed by atoms with Crippen molar-refractivity contribution in [3.63, 3.8) is 0 Å². The van der Waals surface area contributed by atoms with Gasteiger partial charge >= 0.3 is 5.97 Å². The molecule has 0 bridgehead atoms. The zero-order valence-corrected chi connectivity index (χ0v) is 16.5. The lowest BCUT2D eigenvalue weighted by Crippen LogP contribution is -2.26. The van der Waals surface area contributed by atoms with Crippen molar-refractivity contribution < 1.29 is 19.2 Å². The van der Waals surface area contributed by atoms with Gasteiger partial charge in [-0.3, -0.25) is 19.9 Å². The summed E-state index contributed by atoms with van der Waals surface area (Å²) in [6.45, 7) is 1.78. The van der Waals surface area contributed by atoms with Crippen molar-refractivity contribution in [1.82, 2.24) is 4.98 Å². The molecule has 2 aromatic carbocycles. The molecule has 0 aliphatic heterocycles. The quantitative estimate of drug-likeness (QED) is 0.354. The van der Waals surface area contributed by atoms with Crippen molar-refractivity contribution in [2.45, 2.75) is 13.0 Å². The van der Waals surface area contributed by atoms with Crippen LogP contribution in [0.1, 0.15) is 27.7 Å². The molecule has 8 nitrogen and oxygen atoms in total. The average Bonchev–Trinajstić information content (AvgIpc) is 2.74. The summed E-state index contributed by atoms with van der Waals surface area (Å²) in [6.07, 6.45) is 0.0939. The number of non-ortho nitro benzene ring substituents is 1. The molecule has 0 aliphatic rings. The van der Waals surface area contributed by atoms with Crippen molar-refractivity contribution in [3.8, 4) is 0 Å². The number of nitro groups is 1. The monoisotopic (exact) mass is 425 g/mol. The highest BCUT2D eigenvalue weighted by Crippen LogP contribution is 2.28. The highest BCUT2D eigenvalue weighted by molar-refractivity contribution is 6.34. The minimum absolute atomic E-state index is 0.0153. The predicted molar refractivity (Wildman–Crippen MR) is 110 cm³/mol. The Balaban J connectivity index is 1.85. The normalized spacial score (nSPS) is 11.4. The molecule has 1 amide bonds. The number of carbonyl (C=O) groups excluding carboxylic acids is 2. The fourth-order valence-electron chi connectivity index (χ4n) is 2.58. The fourth-order valence-corrected chi connectivity index (χ4v) is 2.80. The third-order valence-corrected chi connectivity index (χ3v) is 4.45. The molecule has 3 rings (SSSR count). The van der Waals surface area contributed by atoms with Crippen LogP contribution in [0.3, 0.4) is 0 Å². The second kappa shape index (κ2) is 9.15. The van der Waals surface area contributed by atoms with E-state index in [1.807, 2.05) is 0 Å². The molecular weight excluding hydrogens is 410 g/mol. The summed E-state index contributed by atoms with van der Waals surface area (Å²) in [5, 5.41) is 13.4. The summed E-state index contributed by atoms with van der Waals surface area (Å²) >= 11 is 6.05. The Bertz CT molecular complexity index is 1090. The van der Waals surface area contributed by atoms with Crippen LogP contribution in [0.15, 0.2) is 66.9 Å². The van der Waals surface area contributed by atoms with Crippen molar-refractivity contribution in [3.05, 3.63) is 98.8 Å². The predicted octanol–water partition coefficient (Wildman–Crippen LogP) is 4.49. The standard InChI is InChI=1S/C21H16ClN3O5/c1-13-7-8-15(12-23-13)21(27)30-19(14-5-3-2-4-6-14)20(26)24-18-10-9-16(25(28)29)11-17(18)22/h2-12,19H,1H3,(H,24,26). The number of aromatic nitrogens is 1. The van der Waals surface area contributed by atoms with E-state index >= 15 is 0 Å². The van der Waals surface area contributed by atoms with E-state index in [1.54, 1.807) is 49.4 Å². The highest BCUT2D eigenvalue weighted by atomic mass is 35.5. The van der Waals surface area contributed by atoms with Crippen molar-refractivity contribution in [2.24, 2.45) is 0 Å². The lowest BCUT2D eigenvalue weighted by molar-refractivity contribution is -0.384. The molecule has 0 fully saturated rings. The van der Waals surface area contributed by atoms with Crippen LogP contribution in [-0.2, 0) is 9.53 Å². The molecule has 3 aromatic rings. The van der Waals surface area contributed by atoms with Crippen LogP contribution in [0.5, 0.6) is 0 Å². The van der Waals surface area contributed by atoms with Gasteiger partial charge in [-0.1, -0.05) is 41.9 Å². The molecule has 1 heterocycles. The number of hydrogen-bond acceptors (Lipinski definition) is 6. The molecule has 1 atom stereocenters. The van der Waals surface area contributed by atoms with Gasteiger partial charge in [0, 0.05) is 29.6 Å². The maximum atomic E-state index is 12.9. The second-order valence-corrected chi connectivity index (χ2v) is 6.70. The second-order valence-electron chi connectivity index (χ2n) is 6.29.